The standard InChI is InChI=1S/C16H16FN3O2S/c1-2-7-23-16-19-14-13(15(22)20-16)11(8-12(21)18-14)9-3-5-10(17)6-4-9/h3-6,11H,2,7-8H2,1H3,(H2,18,19,20,21,22)/t11-/m0/s1. The van der Waals surface area contributed by atoms with Crippen LogP contribution in [-0.2, 0) is 4.79 Å². The minimum absolute atomic E-state index is 0.144. The van der Waals surface area contributed by atoms with Gasteiger partial charge in [0.1, 0.15) is 11.6 Å². The number of benzene rings is 1. The van der Waals surface area contributed by atoms with Gasteiger partial charge in [0.25, 0.3) is 5.56 Å². The molecular formula is C16H16FN3O2S. The van der Waals surface area contributed by atoms with Gasteiger partial charge in [-0.05, 0) is 24.1 Å². The molecule has 3 rings (SSSR count). The summed E-state index contributed by atoms with van der Waals surface area (Å²) < 4.78 is 13.1. The number of H-pyrrole nitrogens is 1. The number of carbonyl (C=O) groups is 1. The van der Waals surface area contributed by atoms with E-state index in [1.165, 1.54) is 23.9 Å². The number of carbonyl (C=O) groups excluding carboxylic acids is 1. The highest BCUT2D eigenvalue weighted by Crippen LogP contribution is 2.34. The molecule has 1 aromatic heterocycles. The molecule has 1 atom stereocenters. The number of aromatic nitrogens is 2. The summed E-state index contributed by atoms with van der Waals surface area (Å²) >= 11 is 1.44. The maximum Gasteiger partial charge on any atom is 0.257 e. The zero-order valence-electron chi connectivity index (χ0n) is 12.6. The first-order chi connectivity index (χ1) is 11.1. The molecule has 1 amide bonds. The Labute approximate surface area is 136 Å². The zero-order valence-corrected chi connectivity index (χ0v) is 13.4. The molecule has 5 nitrogen and oxygen atoms in total. The number of anilines is 1. The number of rotatable bonds is 4. The number of thioether (sulfide) groups is 1. The molecule has 120 valence electrons. The van der Waals surface area contributed by atoms with Gasteiger partial charge in [0.05, 0.1) is 5.56 Å². The monoisotopic (exact) mass is 333 g/mol. The van der Waals surface area contributed by atoms with E-state index in [9.17, 15) is 14.0 Å². The van der Waals surface area contributed by atoms with Gasteiger partial charge in [0.15, 0.2) is 5.16 Å². The Kier molecular flexibility index (Phi) is 4.47. The lowest BCUT2D eigenvalue weighted by molar-refractivity contribution is -0.116. The third kappa shape index (κ3) is 3.29. The highest BCUT2D eigenvalue weighted by molar-refractivity contribution is 7.99. The Morgan fingerprint density at radius 3 is 2.74 bits per heavy atom. The van der Waals surface area contributed by atoms with E-state index < -0.39 is 5.92 Å². The van der Waals surface area contributed by atoms with Crippen molar-refractivity contribution in [3.63, 3.8) is 0 Å². The number of nitrogens with zero attached hydrogens (tertiary/aromatic N) is 1. The van der Waals surface area contributed by atoms with Gasteiger partial charge in [0.2, 0.25) is 5.91 Å². The minimum atomic E-state index is -0.416. The second-order valence-electron chi connectivity index (χ2n) is 5.34. The molecule has 0 spiro atoms. The van der Waals surface area contributed by atoms with Crippen LogP contribution in [0, 0.1) is 5.82 Å². The third-order valence-corrected chi connectivity index (χ3v) is 4.72. The number of fused-ring (bicyclic) bond motifs is 1. The van der Waals surface area contributed by atoms with Crippen LogP contribution in [0.3, 0.4) is 0 Å². The van der Waals surface area contributed by atoms with Gasteiger partial charge in [-0.3, -0.25) is 9.59 Å². The fourth-order valence-corrected chi connectivity index (χ4v) is 3.32. The van der Waals surface area contributed by atoms with Gasteiger partial charge in [0, 0.05) is 18.1 Å². The van der Waals surface area contributed by atoms with Gasteiger partial charge >= 0.3 is 0 Å². The summed E-state index contributed by atoms with van der Waals surface area (Å²) in [4.78, 5) is 31.6. The topological polar surface area (TPSA) is 74.8 Å². The first-order valence-corrected chi connectivity index (χ1v) is 8.39. The average Bonchev–Trinajstić information content (AvgIpc) is 2.52. The second-order valence-corrected chi connectivity index (χ2v) is 6.42. The highest BCUT2D eigenvalue weighted by atomic mass is 32.2. The molecule has 1 aliphatic heterocycles. The molecule has 1 aliphatic rings. The Balaban J connectivity index is 2.05. The largest absolute Gasteiger partial charge is 0.310 e. The predicted octanol–water partition coefficient (Wildman–Crippen LogP) is 2.89. The van der Waals surface area contributed by atoms with Crippen molar-refractivity contribution in [1.82, 2.24) is 9.97 Å². The van der Waals surface area contributed by atoms with Crippen LogP contribution in [0.2, 0.25) is 0 Å². The third-order valence-electron chi connectivity index (χ3n) is 3.64. The maximum atomic E-state index is 13.1. The lowest BCUT2D eigenvalue weighted by Crippen LogP contribution is -2.31. The van der Waals surface area contributed by atoms with E-state index in [1.54, 1.807) is 12.1 Å². The summed E-state index contributed by atoms with van der Waals surface area (Å²) in [7, 11) is 0. The fraction of sp³-hybridized carbons (Fsp3) is 0.312. The van der Waals surface area contributed by atoms with E-state index in [0.717, 1.165) is 17.7 Å². The van der Waals surface area contributed by atoms with Crippen molar-refractivity contribution in [3.05, 3.63) is 51.6 Å². The lowest BCUT2D eigenvalue weighted by atomic mass is 9.87. The van der Waals surface area contributed by atoms with Crippen molar-refractivity contribution in [3.8, 4) is 0 Å². The number of aromatic amines is 1. The molecule has 0 saturated carbocycles. The molecule has 2 N–H and O–H groups in total. The Bertz CT molecular complexity index is 789. The molecule has 7 heteroatoms. The Morgan fingerprint density at radius 1 is 1.30 bits per heavy atom. The van der Waals surface area contributed by atoms with Crippen LogP contribution in [0.15, 0.2) is 34.2 Å². The van der Waals surface area contributed by atoms with Gasteiger partial charge < -0.3 is 10.3 Å². The summed E-state index contributed by atoms with van der Waals surface area (Å²) in [5.41, 5.74) is 0.892. The van der Waals surface area contributed by atoms with E-state index in [2.05, 4.69) is 15.3 Å². The van der Waals surface area contributed by atoms with Gasteiger partial charge in [-0.1, -0.05) is 30.8 Å². The molecule has 1 aromatic carbocycles. The molecule has 2 aromatic rings. The lowest BCUT2D eigenvalue weighted by Gasteiger charge is -2.24. The molecule has 0 radical (unpaired) electrons. The molecule has 2 heterocycles. The summed E-state index contributed by atoms with van der Waals surface area (Å²) in [5.74, 6) is 0.166. The minimum Gasteiger partial charge on any atom is -0.310 e. The normalized spacial score (nSPS) is 16.8. The van der Waals surface area contributed by atoms with Crippen molar-refractivity contribution in [1.29, 1.82) is 0 Å². The van der Waals surface area contributed by atoms with Crippen LogP contribution >= 0.6 is 11.8 Å². The first kappa shape index (κ1) is 15.7. The molecule has 0 aliphatic carbocycles. The molecule has 0 saturated heterocycles. The Hall–Kier alpha value is -2.15. The van der Waals surface area contributed by atoms with E-state index in [-0.39, 0.29) is 23.7 Å². The maximum absolute atomic E-state index is 13.1. The Morgan fingerprint density at radius 2 is 2.04 bits per heavy atom. The zero-order chi connectivity index (χ0) is 16.4. The van der Waals surface area contributed by atoms with Crippen molar-refractivity contribution in [2.75, 3.05) is 11.1 Å². The van der Waals surface area contributed by atoms with E-state index in [1.807, 2.05) is 6.92 Å². The molecule has 0 unspecified atom stereocenters. The van der Waals surface area contributed by atoms with Gasteiger partial charge in [-0.2, -0.15) is 0 Å². The van der Waals surface area contributed by atoms with Gasteiger partial charge in [-0.25, -0.2) is 9.37 Å². The van der Waals surface area contributed by atoms with E-state index in [0.29, 0.717) is 16.5 Å². The molecular weight excluding hydrogens is 317 g/mol. The van der Waals surface area contributed by atoms with E-state index in [4.69, 9.17) is 0 Å². The summed E-state index contributed by atoms with van der Waals surface area (Å²) in [6.07, 6.45) is 1.10. The molecule has 0 fully saturated rings. The van der Waals surface area contributed by atoms with Crippen LogP contribution < -0.4 is 10.9 Å². The SMILES string of the molecule is CCCSc1nc2c(c(=O)[nH]1)[C@H](c1ccc(F)cc1)CC(=O)N2. The van der Waals surface area contributed by atoms with Gasteiger partial charge in [-0.15, -0.1) is 0 Å². The second kappa shape index (κ2) is 6.54. The van der Waals surface area contributed by atoms with Crippen LogP contribution in [-0.4, -0.2) is 21.6 Å². The van der Waals surface area contributed by atoms with Crippen LogP contribution in [0.5, 0.6) is 0 Å². The van der Waals surface area contributed by atoms with Crippen LogP contribution in [0.4, 0.5) is 10.2 Å². The number of amides is 1. The number of halogens is 1. The number of hydrogen-bond donors (Lipinski definition) is 2. The van der Waals surface area contributed by atoms with Crippen molar-refractivity contribution >= 4 is 23.5 Å². The van der Waals surface area contributed by atoms with Crippen LogP contribution in [0.1, 0.15) is 36.8 Å². The highest BCUT2D eigenvalue weighted by Gasteiger charge is 2.30. The molecule has 23 heavy (non-hydrogen) atoms. The molecule has 0 bridgehead atoms. The average molecular weight is 333 g/mol. The smallest absolute Gasteiger partial charge is 0.257 e. The fourth-order valence-electron chi connectivity index (χ4n) is 2.60. The number of hydrogen-bond acceptors (Lipinski definition) is 4. The predicted molar refractivity (Wildman–Crippen MR) is 87.4 cm³/mol. The quantitative estimate of drug-likeness (QED) is 0.666. The van der Waals surface area contributed by atoms with Crippen molar-refractivity contribution in [2.24, 2.45) is 0 Å². The van der Waals surface area contributed by atoms with Crippen molar-refractivity contribution in [2.45, 2.75) is 30.8 Å². The van der Waals surface area contributed by atoms with Crippen molar-refractivity contribution < 1.29 is 9.18 Å². The first-order valence-electron chi connectivity index (χ1n) is 7.40. The summed E-state index contributed by atoms with van der Waals surface area (Å²) in [5, 5.41) is 3.17. The van der Waals surface area contributed by atoms with Crippen LogP contribution in [0.25, 0.3) is 0 Å². The van der Waals surface area contributed by atoms with E-state index >= 15 is 0 Å². The number of nitrogens with one attached hydrogen (secondary N) is 2. The summed E-state index contributed by atoms with van der Waals surface area (Å²) in [6, 6.07) is 5.85. The summed E-state index contributed by atoms with van der Waals surface area (Å²) in [6.45, 7) is 2.04.